The van der Waals surface area contributed by atoms with E-state index in [0.29, 0.717) is 23.9 Å². The number of quaternary nitrogens is 1. The molecule has 3 unspecified atom stereocenters. The summed E-state index contributed by atoms with van der Waals surface area (Å²) < 4.78 is 30.8. The maximum absolute atomic E-state index is 13.6. The lowest BCUT2D eigenvalue weighted by Crippen LogP contribution is -2.47. The molecule has 0 bridgehead atoms. The van der Waals surface area contributed by atoms with E-state index in [-0.39, 0.29) is 25.1 Å². The first-order chi connectivity index (χ1) is 36.9. The zero-order valence-corrected chi connectivity index (χ0v) is 52.4. The second kappa shape index (κ2) is 56.8. The highest BCUT2D eigenvalue weighted by Crippen LogP contribution is 2.43. The second-order valence-corrected chi connectivity index (χ2v) is 25.5. The highest BCUT2D eigenvalue weighted by atomic mass is 31.2. The summed E-state index contributed by atoms with van der Waals surface area (Å²) in [7, 11) is 1.51. The van der Waals surface area contributed by atoms with Crippen molar-refractivity contribution in [1.29, 1.82) is 0 Å². The Labute approximate surface area is 473 Å². The molecule has 0 fully saturated rings. The first-order valence-corrected chi connectivity index (χ1v) is 34.7. The first kappa shape index (κ1) is 74.5. The summed E-state index contributed by atoms with van der Waals surface area (Å²) in [4.78, 5) is 37.8. The van der Waals surface area contributed by atoms with Gasteiger partial charge in [-0.1, -0.05) is 289 Å². The molecule has 0 aliphatic heterocycles. The molecule has 0 saturated carbocycles. The number of nitrogens with zero attached hydrogens (tertiary/aromatic N) is 1. The Kier molecular flexibility index (Phi) is 55.6. The predicted octanol–water partition coefficient (Wildman–Crippen LogP) is 20.5. The minimum absolute atomic E-state index is 0.0436. The van der Waals surface area contributed by atoms with Crippen LogP contribution in [0, 0.1) is 0 Å². The van der Waals surface area contributed by atoms with Crippen molar-refractivity contribution in [2.45, 2.75) is 348 Å². The zero-order chi connectivity index (χ0) is 55.7. The van der Waals surface area contributed by atoms with E-state index < -0.39 is 20.0 Å². The lowest BCUT2D eigenvalue weighted by Gasteiger charge is -2.27. The third-order valence-electron chi connectivity index (χ3n) is 15.1. The molecule has 0 aliphatic rings. The summed E-state index contributed by atoms with van der Waals surface area (Å²) in [6.45, 7) is 7.06. The third kappa shape index (κ3) is 57.2. The van der Waals surface area contributed by atoms with Gasteiger partial charge in [0, 0.05) is 12.8 Å². The number of phosphoric ester groups is 1. The van der Waals surface area contributed by atoms with Crippen LogP contribution in [-0.2, 0) is 27.9 Å². The highest BCUT2D eigenvalue weighted by molar-refractivity contribution is 7.47. The van der Waals surface area contributed by atoms with Crippen LogP contribution < -0.4 is 5.32 Å². The van der Waals surface area contributed by atoms with Crippen molar-refractivity contribution in [3.8, 4) is 0 Å². The van der Waals surface area contributed by atoms with E-state index in [1.807, 2.05) is 33.3 Å². The second-order valence-electron chi connectivity index (χ2n) is 24.0. The summed E-state index contributed by atoms with van der Waals surface area (Å²) in [5.74, 6) is -0.488. The summed E-state index contributed by atoms with van der Waals surface area (Å²) >= 11 is 0. The van der Waals surface area contributed by atoms with Crippen LogP contribution in [0.4, 0.5) is 0 Å². The zero-order valence-electron chi connectivity index (χ0n) is 51.5. The highest BCUT2D eigenvalue weighted by Gasteiger charge is 2.30. The maximum atomic E-state index is 13.6. The molecule has 3 atom stereocenters. The van der Waals surface area contributed by atoms with Crippen molar-refractivity contribution < 1.29 is 37.3 Å². The fourth-order valence-corrected chi connectivity index (χ4v) is 10.7. The molecular formula is C66H130N2O7P+. The lowest BCUT2D eigenvalue weighted by molar-refractivity contribution is -0.870. The minimum Gasteiger partial charge on any atom is -0.456 e. The van der Waals surface area contributed by atoms with Gasteiger partial charge >= 0.3 is 13.8 Å². The molecule has 76 heavy (non-hydrogen) atoms. The normalized spacial score (nSPS) is 13.7. The van der Waals surface area contributed by atoms with Gasteiger partial charge in [-0.05, 0) is 57.4 Å². The minimum atomic E-state index is -4.44. The number of allylic oxidation sites excluding steroid dienone is 3. The van der Waals surface area contributed by atoms with Crippen LogP contribution in [0.15, 0.2) is 24.3 Å². The summed E-state index contributed by atoms with van der Waals surface area (Å²) in [6.07, 6.45) is 67.4. The van der Waals surface area contributed by atoms with E-state index >= 15 is 0 Å². The van der Waals surface area contributed by atoms with Crippen molar-refractivity contribution in [3.63, 3.8) is 0 Å². The molecule has 0 aromatic rings. The van der Waals surface area contributed by atoms with Crippen molar-refractivity contribution >= 4 is 19.7 Å². The summed E-state index contributed by atoms with van der Waals surface area (Å²) in [5.41, 5.74) is 0. The molecule has 9 nitrogen and oxygen atoms in total. The third-order valence-corrected chi connectivity index (χ3v) is 16.1. The van der Waals surface area contributed by atoms with E-state index in [2.05, 4.69) is 38.2 Å². The van der Waals surface area contributed by atoms with Gasteiger partial charge in [-0.15, -0.1) is 0 Å². The summed E-state index contributed by atoms with van der Waals surface area (Å²) in [6, 6.07) is -0.844. The number of likely N-dealkylation sites (N-methyl/N-ethyl adjacent to an activating group) is 1. The smallest absolute Gasteiger partial charge is 0.456 e. The van der Waals surface area contributed by atoms with E-state index in [1.54, 1.807) is 0 Å². The van der Waals surface area contributed by atoms with E-state index in [4.69, 9.17) is 13.8 Å². The summed E-state index contributed by atoms with van der Waals surface area (Å²) in [5, 5.41) is 3.07. The number of hydrogen-bond acceptors (Lipinski definition) is 6. The number of esters is 1. The van der Waals surface area contributed by atoms with Crippen LogP contribution in [0.5, 0.6) is 0 Å². The van der Waals surface area contributed by atoms with Crippen molar-refractivity contribution in [1.82, 2.24) is 5.32 Å². The number of carbonyl (C=O) groups is 2. The number of hydrogen-bond donors (Lipinski definition) is 2. The van der Waals surface area contributed by atoms with Crippen LogP contribution in [0.3, 0.4) is 0 Å². The molecule has 0 heterocycles. The fraction of sp³-hybridized carbons (Fsp3) is 0.909. The fourth-order valence-electron chi connectivity index (χ4n) is 10.00. The van der Waals surface area contributed by atoms with Gasteiger partial charge in [-0.2, -0.15) is 0 Å². The van der Waals surface area contributed by atoms with Crippen LogP contribution in [-0.4, -0.2) is 74.3 Å². The number of carbonyl (C=O) groups excluding carboxylic acids is 2. The standard InChI is InChI=1S/C66H129N2O7P/c1-7-10-13-16-19-22-25-28-30-32-34-36-38-40-43-46-49-52-55-58-65(69)67-63(62-74-76(71,72)73-61-60-68(4,5)6)64(57-54-51-48-45-42-27-24-21-18-15-12-9-3)75-66(70)59-56-53-50-47-44-41-39-37-35-33-31-29-26-23-20-17-14-11-8-2/h28,30,54,57,63-64H,7-27,29,31-53,55-56,58-62H2,1-6H3,(H-,67,69,71,72)/p+1/b30-28+,57-54+. The molecule has 0 spiro atoms. The molecule has 0 aliphatic carbocycles. The SMILES string of the molecule is CCCCCCCC/C=C/CCCCCCCCCCCC(=O)NC(COP(=O)(O)OCC[N+](C)(C)C)C(/C=C/CCCCCCCCCCCC)OC(=O)CCCCCCCCCCCCCCCCCCCCC. The molecule has 10 heteroatoms. The number of ether oxygens (including phenoxy) is 1. The number of phosphoric acid groups is 1. The van der Waals surface area contributed by atoms with E-state index in [9.17, 15) is 19.0 Å². The Hall–Kier alpha value is -1.51. The van der Waals surface area contributed by atoms with Gasteiger partial charge in [0.15, 0.2) is 0 Å². The Bertz CT molecular complexity index is 1350. The first-order valence-electron chi connectivity index (χ1n) is 33.2. The van der Waals surface area contributed by atoms with Gasteiger partial charge in [0.2, 0.25) is 5.91 Å². The Morgan fingerprint density at radius 2 is 0.763 bits per heavy atom. The Morgan fingerprint density at radius 3 is 1.12 bits per heavy atom. The number of unbranched alkanes of at least 4 members (excludes halogenated alkanes) is 43. The van der Waals surface area contributed by atoms with Crippen LogP contribution >= 0.6 is 7.82 Å². The van der Waals surface area contributed by atoms with Gasteiger partial charge in [-0.3, -0.25) is 18.6 Å². The van der Waals surface area contributed by atoms with Crippen molar-refractivity contribution in [2.75, 3.05) is 40.9 Å². The van der Waals surface area contributed by atoms with E-state index in [0.717, 1.165) is 57.8 Å². The molecular weight excluding hydrogens is 964 g/mol. The molecule has 0 radical (unpaired) electrons. The Morgan fingerprint density at radius 1 is 0.447 bits per heavy atom. The van der Waals surface area contributed by atoms with E-state index in [1.165, 1.54) is 244 Å². The molecule has 1 amide bonds. The maximum Gasteiger partial charge on any atom is 0.472 e. The van der Waals surface area contributed by atoms with Gasteiger partial charge in [0.1, 0.15) is 19.3 Å². The molecule has 2 N–H and O–H groups in total. The average molecular weight is 1090 g/mol. The average Bonchev–Trinajstić information content (AvgIpc) is 3.38. The van der Waals surface area contributed by atoms with Crippen molar-refractivity contribution in [2.24, 2.45) is 0 Å². The van der Waals surface area contributed by atoms with Gasteiger partial charge < -0.3 is 19.4 Å². The number of rotatable bonds is 61. The van der Waals surface area contributed by atoms with Crippen molar-refractivity contribution in [3.05, 3.63) is 24.3 Å². The lowest BCUT2D eigenvalue weighted by atomic mass is 10.0. The largest absolute Gasteiger partial charge is 0.472 e. The van der Waals surface area contributed by atoms with Gasteiger partial charge in [0.25, 0.3) is 0 Å². The van der Waals surface area contributed by atoms with Crippen LogP contribution in [0.25, 0.3) is 0 Å². The van der Waals surface area contributed by atoms with Crippen LogP contribution in [0.1, 0.15) is 335 Å². The molecule has 0 aromatic carbocycles. The van der Waals surface area contributed by atoms with Gasteiger partial charge in [0.05, 0.1) is 33.8 Å². The molecule has 0 rings (SSSR count). The number of amides is 1. The quantitative estimate of drug-likeness (QED) is 0.0205. The topological polar surface area (TPSA) is 111 Å². The van der Waals surface area contributed by atoms with Gasteiger partial charge in [-0.25, -0.2) is 4.57 Å². The van der Waals surface area contributed by atoms with Crippen LogP contribution in [0.2, 0.25) is 0 Å². The predicted molar refractivity (Wildman–Crippen MR) is 328 cm³/mol. The Balaban J connectivity index is 5.15. The molecule has 450 valence electrons. The molecule has 0 aromatic heterocycles. The monoisotopic (exact) mass is 1090 g/mol. The molecule has 0 saturated heterocycles. The number of nitrogens with one attached hydrogen (secondary N) is 1.